The molecule has 0 N–H and O–H groups in total. The topological polar surface area (TPSA) is 58.0 Å². The lowest BCUT2D eigenvalue weighted by molar-refractivity contribution is -0.255. The van der Waals surface area contributed by atoms with Crippen molar-refractivity contribution in [2.75, 3.05) is 0 Å². The first-order valence-electron chi connectivity index (χ1n) is 5.35. The molecule has 0 unspecified atom stereocenters. The van der Waals surface area contributed by atoms with Gasteiger partial charge in [0.05, 0.1) is 23.0 Å². The quantitative estimate of drug-likeness (QED) is 0.776. The number of aromatic nitrogens is 2. The van der Waals surface area contributed by atoms with E-state index in [1.165, 1.54) is 0 Å². The fraction of sp³-hybridized carbons (Fsp3) is 0.231. The van der Waals surface area contributed by atoms with Gasteiger partial charge in [-0.2, -0.15) is 5.10 Å². The lowest BCUT2D eigenvalue weighted by atomic mass is 10.2. The SMILES string of the molecule is Cc1ccc(-n2nc(C)c(C(=O)[O-])c2C)cc1. The number of carbonyl (C=O) groups excluding carboxylic acids is 1. The zero-order valence-corrected chi connectivity index (χ0v) is 10.0. The minimum atomic E-state index is -1.18. The van der Waals surface area contributed by atoms with Crippen molar-refractivity contribution in [3.05, 3.63) is 46.8 Å². The summed E-state index contributed by atoms with van der Waals surface area (Å²) in [5.74, 6) is -1.18. The van der Waals surface area contributed by atoms with Crippen molar-refractivity contribution in [1.29, 1.82) is 0 Å². The molecule has 4 nitrogen and oxygen atoms in total. The van der Waals surface area contributed by atoms with Crippen LogP contribution in [0, 0.1) is 20.8 Å². The van der Waals surface area contributed by atoms with E-state index >= 15 is 0 Å². The van der Waals surface area contributed by atoms with Gasteiger partial charge in [-0.05, 0) is 32.9 Å². The molecule has 1 aromatic heterocycles. The van der Waals surface area contributed by atoms with Gasteiger partial charge in [0.25, 0.3) is 0 Å². The molecular weight excluding hydrogens is 216 g/mol. The van der Waals surface area contributed by atoms with Crippen LogP contribution in [0.15, 0.2) is 24.3 Å². The average molecular weight is 229 g/mol. The van der Waals surface area contributed by atoms with E-state index in [2.05, 4.69) is 5.10 Å². The number of rotatable bonds is 2. The summed E-state index contributed by atoms with van der Waals surface area (Å²) in [5, 5.41) is 15.2. The van der Waals surface area contributed by atoms with Crippen LogP contribution in [0.1, 0.15) is 27.3 Å². The van der Waals surface area contributed by atoms with Gasteiger partial charge in [0, 0.05) is 5.56 Å². The predicted octanol–water partition coefficient (Wildman–Crippen LogP) is 1.16. The molecule has 0 aliphatic carbocycles. The van der Waals surface area contributed by atoms with E-state index in [0.717, 1.165) is 11.3 Å². The minimum Gasteiger partial charge on any atom is -0.545 e. The Bertz CT molecular complexity index is 568. The Morgan fingerprint density at radius 2 is 1.76 bits per heavy atom. The lowest BCUT2D eigenvalue weighted by Gasteiger charge is -2.06. The highest BCUT2D eigenvalue weighted by Gasteiger charge is 2.13. The number of aromatic carboxylic acids is 1. The Hall–Kier alpha value is -2.10. The molecular formula is C13H13N2O2-. The first-order valence-corrected chi connectivity index (χ1v) is 5.35. The Balaban J connectivity index is 2.57. The maximum Gasteiger partial charge on any atom is 0.0752 e. The molecule has 0 amide bonds. The summed E-state index contributed by atoms with van der Waals surface area (Å²) in [5.41, 5.74) is 3.24. The summed E-state index contributed by atoms with van der Waals surface area (Å²) in [7, 11) is 0. The smallest absolute Gasteiger partial charge is 0.0752 e. The third-order valence-corrected chi connectivity index (χ3v) is 2.77. The number of benzene rings is 1. The van der Waals surface area contributed by atoms with Crippen molar-refractivity contribution in [1.82, 2.24) is 9.78 Å². The van der Waals surface area contributed by atoms with Crippen LogP contribution in [0.4, 0.5) is 0 Å². The van der Waals surface area contributed by atoms with Crippen LogP contribution in [0.5, 0.6) is 0 Å². The van der Waals surface area contributed by atoms with Gasteiger partial charge < -0.3 is 9.90 Å². The zero-order valence-electron chi connectivity index (χ0n) is 10.0. The summed E-state index contributed by atoms with van der Waals surface area (Å²) < 4.78 is 1.62. The van der Waals surface area contributed by atoms with Crippen LogP contribution in [0.3, 0.4) is 0 Å². The number of nitrogens with zero attached hydrogens (tertiary/aromatic N) is 2. The first-order chi connectivity index (χ1) is 8.00. The second-order valence-electron chi connectivity index (χ2n) is 4.08. The third kappa shape index (κ3) is 1.93. The highest BCUT2D eigenvalue weighted by molar-refractivity contribution is 5.88. The molecule has 0 aliphatic rings. The fourth-order valence-electron chi connectivity index (χ4n) is 1.88. The van der Waals surface area contributed by atoms with Crippen LogP contribution >= 0.6 is 0 Å². The lowest BCUT2D eigenvalue weighted by Crippen LogP contribution is -2.23. The summed E-state index contributed by atoms with van der Waals surface area (Å²) in [4.78, 5) is 11.0. The number of hydrogen-bond acceptors (Lipinski definition) is 3. The number of carbonyl (C=O) groups is 1. The van der Waals surface area contributed by atoms with Crippen LogP contribution < -0.4 is 5.11 Å². The molecule has 0 bridgehead atoms. The molecule has 0 radical (unpaired) electrons. The molecule has 4 heteroatoms. The maximum atomic E-state index is 11.0. The van der Waals surface area contributed by atoms with Crippen LogP contribution in [-0.4, -0.2) is 15.7 Å². The molecule has 2 aromatic rings. The minimum absolute atomic E-state index is 0.172. The number of carboxylic acids is 1. The largest absolute Gasteiger partial charge is 0.545 e. The van der Waals surface area contributed by atoms with Gasteiger partial charge in [-0.15, -0.1) is 0 Å². The number of hydrogen-bond donors (Lipinski definition) is 0. The van der Waals surface area contributed by atoms with E-state index in [0.29, 0.717) is 11.4 Å². The van der Waals surface area contributed by atoms with Gasteiger partial charge in [0.1, 0.15) is 0 Å². The van der Waals surface area contributed by atoms with Crippen molar-refractivity contribution in [3.8, 4) is 5.69 Å². The summed E-state index contributed by atoms with van der Waals surface area (Å²) >= 11 is 0. The Morgan fingerprint density at radius 1 is 1.18 bits per heavy atom. The summed E-state index contributed by atoms with van der Waals surface area (Å²) in [6.45, 7) is 5.39. The third-order valence-electron chi connectivity index (χ3n) is 2.77. The molecule has 0 aliphatic heterocycles. The van der Waals surface area contributed by atoms with Crippen LogP contribution in [0.25, 0.3) is 5.69 Å². The van der Waals surface area contributed by atoms with Gasteiger partial charge in [0.15, 0.2) is 0 Å². The highest BCUT2D eigenvalue weighted by atomic mass is 16.4. The van der Waals surface area contributed by atoms with Crippen molar-refractivity contribution in [2.45, 2.75) is 20.8 Å². The predicted molar refractivity (Wildman–Crippen MR) is 62.1 cm³/mol. The monoisotopic (exact) mass is 229 g/mol. The second kappa shape index (κ2) is 4.05. The molecule has 88 valence electrons. The van der Waals surface area contributed by atoms with E-state index in [-0.39, 0.29) is 5.56 Å². The molecule has 17 heavy (non-hydrogen) atoms. The van der Waals surface area contributed by atoms with E-state index in [1.54, 1.807) is 18.5 Å². The van der Waals surface area contributed by atoms with Crippen LogP contribution in [0.2, 0.25) is 0 Å². The average Bonchev–Trinajstić information content (AvgIpc) is 2.55. The van der Waals surface area contributed by atoms with Crippen molar-refractivity contribution in [3.63, 3.8) is 0 Å². The Morgan fingerprint density at radius 3 is 2.24 bits per heavy atom. The molecule has 0 spiro atoms. The van der Waals surface area contributed by atoms with Crippen molar-refractivity contribution in [2.24, 2.45) is 0 Å². The molecule has 0 saturated carbocycles. The van der Waals surface area contributed by atoms with Gasteiger partial charge in [-0.1, -0.05) is 17.7 Å². The summed E-state index contributed by atoms with van der Waals surface area (Å²) in [6, 6.07) is 7.75. The van der Waals surface area contributed by atoms with Gasteiger partial charge >= 0.3 is 0 Å². The standard InChI is InChI=1S/C13H14N2O2/c1-8-4-6-11(7-5-8)15-10(3)12(13(16)17)9(2)14-15/h4-7H,1-3H3,(H,16,17)/p-1. The second-order valence-corrected chi connectivity index (χ2v) is 4.08. The number of aryl methyl sites for hydroxylation is 2. The molecule has 0 saturated heterocycles. The molecule has 0 atom stereocenters. The first kappa shape index (κ1) is 11.4. The molecule has 0 fully saturated rings. The van der Waals surface area contributed by atoms with Crippen molar-refractivity contribution >= 4 is 5.97 Å². The van der Waals surface area contributed by atoms with Crippen molar-refractivity contribution < 1.29 is 9.90 Å². The van der Waals surface area contributed by atoms with Gasteiger partial charge in [0.2, 0.25) is 0 Å². The van der Waals surface area contributed by atoms with E-state index in [4.69, 9.17) is 0 Å². The van der Waals surface area contributed by atoms with Crippen LogP contribution in [-0.2, 0) is 0 Å². The molecule has 1 aromatic carbocycles. The zero-order chi connectivity index (χ0) is 12.6. The van der Waals surface area contributed by atoms with E-state index in [9.17, 15) is 9.90 Å². The Kier molecular flexibility index (Phi) is 2.71. The summed E-state index contributed by atoms with van der Waals surface area (Å²) in [6.07, 6.45) is 0. The van der Waals surface area contributed by atoms with E-state index < -0.39 is 5.97 Å². The molecule has 2 rings (SSSR count). The Labute approximate surface area is 99.5 Å². The number of carboxylic acid groups (broad SMARTS) is 1. The molecule has 1 heterocycles. The fourth-order valence-corrected chi connectivity index (χ4v) is 1.88. The van der Waals surface area contributed by atoms with Gasteiger partial charge in [-0.3, -0.25) is 0 Å². The highest BCUT2D eigenvalue weighted by Crippen LogP contribution is 2.17. The maximum absolute atomic E-state index is 11.0. The van der Waals surface area contributed by atoms with Gasteiger partial charge in [-0.25, -0.2) is 4.68 Å². The normalized spacial score (nSPS) is 10.5. The van der Waals surface area contributed by atoms with E-state index in [1.807, 2.05) is 31.2 Å².